The second-order valence-corrected chi connectivity index (χ2v) is 7.61. The number of nitrogens with zero attached hydrogens (tertiary/aromatic N) is 3. The molecule has 30 heavy (non-hydrogen) atoms. The fourth-order valence-corrected chi connectivity index (χ4v) is 4.09. The van der Waals surface area contributed by atoms with Gasteiger partial charge in [0.1, 0.15) is 0 Å². The van der Waals surface area contributed by atoms with Crippen LogP contribution in [-0.2, 0) is 4.79 Å². The molecule has 4 nitrogen and oxygen atoms in total. The van der Waals surface area contributed by atoms with E-state index >= 15 is 0 Å². The zero-order valence-electron chi connectivity index (χ0n) is 16.9. The average Bonchev–Trinajstić information content (AvgIpc) is 2.83. The predicted octanol–water partition coefficient (Wildman–Crippen LogP) is 4.43. The standard InChI is InChI=1S/C26H25N3O/c27-20-21-8-7-13-24(18-21)28-14-16-29(17-15-28)26(30)19-25(22-9-3-1-4-10-22)23-11-5-2-6-12-23/h1-13,18,25H,14-17,19H2. The van der Waals surface area contributed by atoms with Crippen molar-refractivity contribution in [2.24, 2.45) is 0 Å². The molecular formula is C26H25N3O. The second kappa shape index (κ2) is 9.28. The van der Waals surface area contributed by atoms with Crippen LogP contribution in [-0.4, -0.2) is 37.0 Å². The Morgan fingerprint density at radius 1 is 0.833 bits per heavy atom. The molecule has 0 atom stereocenters. The number of hydrogen-bond donors (Lipinski definition) is 0. The van der Waals surface area contributed by atoms with E-state index in [1.54, 1.807) is 0 Å². The van der Waals surface area contributed by atoms with Crippen molar-refractivity contribution >= 4 is 11.6 Å². The van der Waals surface area contributed by atoms with Gasteiger partial charge in [0.25, 0.3) is 0 Å². The Morgan fingerprint density at radius 3 is 2.00 bits per heavy atom. The molecule has 0 aliphatic carbocycles. The van der Waals surface area contributed by atoms with Gasteiger partial charge in [0.15, 0.2) is 0 Å². The highest BCUT2D eigenvalue weighted by molar-refractivity contribution is 5.78. The minimum atomic E-state index is 0.0604. The monoisotopic (exact) mass is 395 g/mol. The molecule has 3 aromatic rings. The number of piperazine rings is 1. The molecule has 3 aromatic carbocycles. The van der Waals surface area contributed by atoms with Gasteiger partial charge in [-0.1, -0.05) is 66.7 Å². The maximum Gasteiger partial charge on any atom is 0.223 e. The van der Waals surface area contributed by atoms with Crippen molar-refractivity contribution in [3.63, 3.8) is 0 Å². The lowest BCUT2D eigenvalue weighted by Gasteiger charge is -2.36. The zero-order chi connectivity index (χ0) is 20.8. The molecule has 0 saturated carbocycles. The fourth-order valence-electron chi connectivity index (χ4n) is 4.09. The van der Waals surface area contributed by atoms with Crippen LogP contribution in [0.3, 0.4) is 0 Å². The van der Waals surface area contributed by atoms with Crippen molar-refractivity contribution in [3.05, 3.63) is 102 Å². The minimum absolute atomic E-state index is 0.0604. The summed E-state index contributed by atoms with van der Waals surface area (Å²) in [5.74, 6) is 0.253. The highest BCUT2D eigenvalue weighted by Gasteiger charge is 2.25. The summed E-state index contributed by atoms with van der Waals surface area (Å²) in [6.07, 6.45) is 0.470. The quantitative estimate of drug-likeness (QED) is 0.642. The summed E-state index contributed by atoms with van der Waals surface area (Å²) in [5, 5.41) is 9.13. The lowest BCUT2D eigenvalue weighted by atomic mass is 9.88. The first-order valence-electron chi connectivity index (χ1n) is 10.4. The normalized spacial score (nSPS) is 13.9. The van der Waals surface area contributed by atoms with Crippen molar-refractivity contribution in [1.82, 2.24) is 4.90 Å². The summed E-state index contributed by atoms with van der Waals surface area (Å²) in [4.78, 5) is 17.4. The Morgan fingerprint density at radius 2 is 1.43 bits per heavy atom. The van der Waals surface area contributed by atoms with E-state index in [1.165, 1.54) is 11.1 Å². The summed E-state index contributed by atoms with van der Waals surface area (Å²) in [6, 6.07) is 30.4. The Hall–Kier alpha value is -3.58. The third kappa shape index (κ3) is 4.52. The lowest BCUT2D eigenvalue weighted by Crippen LogP contribution is -2.49. The van der Waals surface area contributed by atoms with Crippen LogP contribution in [0.15, 0.2) is 84.9 Å². The number of anilines is 1. The van der Waals surface area contributed by atoms with Crippen molar-refractivity contribution in [2.75, 3.05) is 31.1 Å². The largest absolute Gasteiger partial charge is 0.368 e. The topological polar surface area (TPSA) is 47.3 Å². The number of rotatable bonds is 5. The van der Waals surface area contributed by atoms with E-state index in [-0.39, 0.29) is 11.8 Å². The van der Waals surface area contributed by atoms with Crippen LogP contribution in [0.25, 0.3) is 0 Å². The van der Waals surface area contributed by atoms with Crippen LogP contribution in [0.1, 0.15) is 29.0 Å². The van der Waals surface area contributed by atoms with Gasteiger partial charge in [0.2, 0.25) is 5.91 Å². The second-order valence-electron chi connectivity index (χ2n) is 7.61. The molecule has 0 bridgehead atoms. The molecule has 1 fully saturated rings. The number of nitriles is 1. The first-order valence-corrected chi connectivity index (χ1v) is 10.4. The van der Waals surface area contributed by atoms with Crippen LogP contribution in [0.4, 0.5) is 5.69 Å². The Bertz CT molecular complexity index is 979. The highest BCUT2D eigenvalue weighted by Crippen LogP contribution is 2.29. The van der Waals surface area contributed by atoms with Gasteiger partial charge < -0.3 is 9.80 Å². The summed E-state index contributed by atoms with van der Waals surface area (Å²) < 4.78 is 0. The maximum absolute atomic E-state index is 13.2. The number of benzene rings is 3. The summed E-state index contributed by atoms with van der Waals surface area (Å²) in [6.45, 7) is 2.96. The fraction of sp³-hybridized carbons (Fsp3) is 0.231. The Balaban J connectivity index is 1.43. The molecule has 0 unspecified atom stereocenters. The summed E-state index contributed by atoms with van der Waals surface area (Å²) in [5.41, 5.74) is 4.06. The van der Waals surface area contributed by atoms with Crippen molar-refractivity contribution in [1.29, 1.82) is 5.26 Å². The van der Waals surface area contributed by atoms with Gasteiger partial charge in [-0.15, -0.1) is 0 Å². The van der Waals surface area contributed by atoms with Gasteiger partial charge in [-0.05, 0) is 29.3 Å². The molecule has 1 aliphatic heterocycles. The van der Waals surface area contributed by atoms with Gasteiger partial charge in [0, 0.05) is 44.2 Å². The minimum Gasteiger partial charge on any atom is -0.368 e. The van der Waals surface area contributed by atoms with E-state index < -0.39 is 0 Å². The van der Waals surface area contributed by atoms with Gasteiger partial charge in [-0.2, -0.15) is 5.26 Å². The number of hydrogen-bond acceptors (Lipinski definition) is 3. The number of amides is 1. The molecule has 0 N–H and O–H groups in total. The summed E-state index contributed by atoms with van der Waals surface area (Å²) >= 11 is 0. The average molecular weight is 396 g/mol. The van der Waals surface area contributed by atoms with Crippen LogP contribution < -0.4 is 4.90 Å². The smallest absolute Gasteiger partial charge is 0.223 e. The van der Waals surface area contributed by atoms with E-state index in [1.807, 2.05) is 65.6 Å². The molecule has 0 aromatic heterocycles. The molecule has 0 spiro atoms. The number of carbonyl (C=O) groups excluding carboxylic acids is 1. The van der Waals surface area contributed by atoms with Crippen molar-refractivity contribution in [3.8, 4) is 6.07 Å². The van der Waals surface area contributed by atoms with E-state index in [0.29, 0.717) is 25.1 Å². The van der Waals surface area contributed by atoms with E-state index in [4.69, 9.17) is 5.26 Å². The van der Waals surface area contributed by atoms with Gasteiger partial charge in [0.05, 0.1) is 11.6 Å². The van der Waals surface area contributed by atoms with Gasteiger partial charge in [-0.3, -0.25) is 4.79 Å². The van der Waals surface area contributed by atoms with E-state index in [9.17, 15) is 4.79 Å². The highest BCUT2D eigenvalue weighted by atomic mass is 16.2. The Labute approximate surface area is 178 Å². The molecule has 1 amide bonds. The van der Waals surface area contributed by atoms with Gasteiger partial charge in [-0.25, -0.2) is 0 Å². The van der Waals surface area contributed by atoms with Crippen LogP contribution in [0.2, 0.25) is 0 Å². The van der Waals surface area contributed by atoms with Crippen LogP contribution in [0.5, 0.6) is 0 Å². The van der Waals surface area contributed by atoms with E-state index in [0.717, 1.165) is 18.8 Å². The molecule has 4 rings (SSSR count). The molecule has 1 saturated heterocycles. The molecule has 150 valence electrons. The van der Waals surface area contributed by atoms with Crippen LogP contribution in [0, 0.1) is 11.3 Å². The number of carbonyl (C=O) groups is 1. The molecule has 1 heterocycles. The molecule has 4 heteroatoms. The third-order valence-corrected chi connectivity index (χ3v) is 5.76. The van der Waals surface area contributed by atoms with Crippen LogP contribution >= 0.6 is 0 Å². The molecular weight excluding hydrogens is 370 g/mol. The molecule has 1 aliphatic rings. The van der Waals surface area contributed by atoms with Crippen molar-refractivity contribution in [2.45, 2.75) is 12.3 Å². The lowest BCUT2D eigenvalue weighted by molar-refractivity contribution is -0.131. The predicted molar refractivity (Wildman–Crippen MR) is 119 cm³/mol. The SMILES string of the molecule is N#Cc1cccc(N2CCN(C(=O)CC(c3ccccc3)c3ccccc3)CC2)c1. The zero-order valence-corrected chi connectivity index (χ0v) is 16.9. The molecule has 0 radical (unpaired) electrons. The Kier molecular flexibility index (Phi) is 6.10. The van der Waals surface area contributed by atoms with Crippen molar-refractivity contribution < 1.29 is 4.79 Å². The third-order valence-electron chi connectivity index (χ3n) is 5.76. The van der Waals surface area contributed by atoms with Gasteiger partial charge >= 0.3 is 0 Å². The first kappa shape index (κ1) is 19.7. The maximum atomic E-state index is 13.2. The van der Waals surface area contributed by atoms with E-state index in [2.05, 4.69) is 35.2 Å². The summed E-state index contributed by atoms with van der Waals surface area (Å²) in [7, 11) is 0. The first-order chi connectivity index (χ1) is 14.7.